The Kier molecular flexibility index (Phi) is 1.40. The summed E-state index contributed by atoms with van der Waals surface area (Å²) in [6, 6.07) is 0. The van der Waals surface area contributed by atoms with Crippen molar-refractivity contribution in [2.75, 3.05) is 0 Å². The standard InChI is InChI=1S/C11H17BO2/c1-10(2)7-5-8(10)11(3)9(6-7)13-12(4)14-11/h6-8H,5H2,1-4H3. The van der Waals surface area contributed by atoms with Crippen molar-refractivity contribution >= 4 is 7.12 Å². The van der Waals surface area contributed by atoms with E-state index < -0.39 is 0 Å². The highest BCUT2D eigenvalue weighted by Crippen LogP contribution is 2.64. The van der Waals surface area contributed by atoms with E-state index in [9.17, 15) is 0 Å². The van der Waals surface area contributed by atoms with Crippen molar-refractivity contribution in [2.45, 2.75) is 39.6 Å². The van der Waals surface area contributed by atoms with Gasteiger partial charge in [0.15, 0.2) is 0 Å². The molecular weight excluding hydrogens is 175 g/mol. The molecule has 76 valence electrons. The van der Waals surface area contributed by atoms with Crippen LogP contribution in [0.3, 0.4) is 0 Å². The lowest BCUT2D eigenvalue weighted by molar-refractivity contribution is -0.114. The number of hydrogen-bond acceptors (Lipinski definition) is 2. The Labute approximate surface area is 85.8 Å². The summed E-state index contributed by atoms with van der Waals surface area (Å²) < 4.78 is 11.6. The molecule has 0 aromatic carbocycles. The molecule has 3 atom stereocenters. The van der Waals surface area contributed by atoms with E-state index in [0.29, 0.717) is 17.3 Å². The topological polar surface area (TPSA) is 18.5 Å². The van der Waals surface area contributed by atoms with E-state index in [1.165, 1.54) is 6.42 Å². The highest BCUT2D eigenvalue weighted by Gasteiger charge is 2.64. The zero-order chi connectivity index (χ0) is 10.1. The van der Waals surface area contributed by atoms with Gasteiger partial charge in [0.05, 0.1) is 0 Å². The lowest BCUT2D eigenvalue weighted by Crippen LogP contribution is -2.59. The zero-order valence-corrected chi connectivity index (χ0v) is 9.33. The molecule has 0 amide bonds. The molecule has 2 bridgehead atoms. The third-order valence-electron chi connectivity index (χ3n) is 4.55. The fourth-order valence-corrected chi connectivity index (χ4v) is 3.54. The number of allylic oxidation sites excluding steroid dienone is 1. The minimum Gasteiger partial charge on any atom is -0.537 e. The fraction of sp³-hybridized carbons (Fsp3) is 0.818. The molecule has 0 N–H and O–H groups in total. The first-order chi connectivity index (χ1) is 6.44. The third-order valence-corrected chi connectivity index (χ3v) is 4.55. The smallest absolute Gasteiger partial charge is 0.522 e. The maximum atomic E-state index is 5.95. The summed E-state index contributed by atoms with van der Waals surface area (Å²) in [6.45, 7) is 8.85. The fourth-order valence-electron chi connectivity index (χ4n) is 3.54. The van der Waals surface area contributed by atoms with Gasteiger partial charge in [-0.15, -0.1) is 0 Å². The average Bonchev–Trinajstić information content (AvgIpc) is 2.37. The molecule has 3 unspecified atom stereocenters. The third kappa shape index (κ3) is 0.784. The first-order valence-electron chi connectivity index (χ1n) is 5.51. The van der Waals surface area contributed by atoms with Crippen molar-refractivity contribution in [3.05, 3.63) is 11.8 Å². The summed E-state index contributed by atoms with van der Waals surface area (Å²) in [5.41, 5.74) is 0.253. The van der Waals surface area contributed by atoms with Crippen molar-refractivity contribution in [1.82, 2.24) is 0 Å². The summed E-state index contributed by atoms with van der Waals surface area (Å²) in [5.74, 6) is 2.42. The van der Waals surface area contributed by atoms with E-state index in [2.05, 4.69) is 26.8 Å². The molecule has 1 saturated heterocycles. The Bertz CT molecular complexity index is 323. The molecule has 2 fully saturated rings. The Morgan fingerprint density at radius 1 is 1.43 bits per heavy atom. The van der Waals surface area contributed by atoms with Crippen LogP contribution < -0.4 is 0 Å². The average molecular weight is 192 g/mol. The van der Waals surface area contributed by atoms with Crippen LogP contribution in [0.4, 0.5) is 0 Å². The second kappa shape index (κ2) is 2.21. The van der Waals surface area contributed by atoms with E-state index in [-0.39, 0.29) is 12.7 Å². The maximum Gasteiger partial charge on any atom is 0.522 e. The van der Waals surface area contributed by atoms with Crippen molar-refractivity contribution < 1.29 is 9.31 Å². The highest BCUT2D eigenvalue weighted by molar-refractivity contribution is 6.44. The minimum atomic E-state index is -0.141. The molecule has 1 aliphatic heterocycles. The van der Waals surface area contributed by atoms with Gasteiger partial charge in [-0.05, 0) is 43.5 Å². The Balaban J connectivity index is 2.05. The maximum absolute atomic E-state index is 5.95. The van der Waals surface area contributed by atoms with Gasteiger partial charge in [0.25, 0.3) is 0 Å². The van der Waals surface area contributed by atoms with E-state index in [0.717, 1.165) is 5.76 Å². The Hall–Kier alpha value is -0.435. The summed E-state index contributed by atoms with van der Waals surface area (Å²) in [7, 11) is -0.0681. The van der Waals surface area contributed by atoms with Crippen LogP contribution in [0.25, 0.3) is 0 Å². The van der Waals surface area contributed by atoms with Crippen molar-refractivity contribution in [2.24, 2.45) is 17.3 Å². The van der Waals surface area contributed by atoms with E-state index in [4.69, 9.17) is 9.31 Å². The van der Waals surface area contributed by atoms with Crippen LogP contribution in [0.15, 0.2) is 11.8 Å². The first-order valence-corrected chi connectivity index (χ1v) is 5.51. The Morgan fingerprint density at radius 3 is 2.79 bits per heavy atom. The van der Waals surface area contributed by atoms with Gasteiger partial charge in [-0.2, -0.15) is 0 Å². The molecule has 3 aliphatic carbocycles. The van der Waals surface area contributed by atoms with Crippen LogP contribution in [0.5, 0.6) is 0 Å². The zero-order valence-electron chi connectivity index (χ0n) is 9.33. The van der Waals surface area contributed by atoms with Crippen LogP contribution in [0.2, 0.25) is 6.82 Å². The van der Waals surface area contributed by atoms with Gasteiger partial charge in [0.1, 0.15) is 11.4 Å². The van der Waals surface area contributed by atoms with Gasteiger partial charge in [0.2, 0.25) is 0 Å². The number of hydrogen-bond donors (Lipinski definition) is 0. The van der Waals surface area contributed by atoms with Crippen LogP contribution >= 0.6 is 0 Å². The predicted molar refractivity (Wildman–Crippen MR) is 55.7 cm³/mol. The quantitative estimate of drug-likeness (QED) is 0.549. The largest absolute Gasteiger partial charge is 0.537 e. The highest BCUT2D eigenvalue weighted by atomic mass is 16.7. The first kappa shape index (κ1) is 8.84. The van der Waals surface area contributed by atoms with Crippen LogP contribution in [0.1, 0.15) is 27.2 Å². The summed E-state index contributed by atoms with van der Waals surface area (Å²) in [4.78, 5) is 0. The SMILES string of the molecule is CB1OC2=CC3CC(C2(C)O1)C3(C)C. The molecular formula is C11H17BO2. The minimum absolute atomic E-state index is 0.0681. The summed E-state index contributed by atoms with van der Waals surface area (Å²) in [6.07, 6.45) is 3.56. The molecule has 4 aliphatic rings. The normalized spacial score (nSPS) is 47.7. The van der Waals surface area contributed by atoms with Gasteiger partial charge in [-0.3, -0.25) is 0 Å². The van der Waals surface area contributed by atoms with Crippen LogP contribution in [-0.2, 0) is 9.31 Å². The van der Waals surface area contributed by atoms with Gasteiger partial charge in [0, 0.05) is 0 Å². The lowest BCUT2D eigenvalue weighted by atomic mass is 9.46. The van der Waals surface area contributed by atoms with Gasteiger partial charge in [-0.1, -0.05) is 13.8 Å². The number of rotatable bonds is 0. The van der Waals surface area contributed by atoms with Gasteiger partial charge in [-0.25, -0.2) is 0 Å². The van der Waals surface area contributed by atoms with Gasteiger partial charge < -0.3 is 9.31 Å². The predicted octanol–water partition coefficient (Wildman–Crippen LogP) is 2.47. The lowest BCUT2D eigenvalue weighted by Gasteiger charge is -2.60. The molecule has 0 aromatic heterocycles. The van der Waals surface area contributed by atoms with Crippen LogP contribution in [-0.4, -0.2) is 12.7 Å². The van der Waals surface area contributed by atoms with E-state index in [1.54, 1.807) is 0 Å². The van der Waals surface area contributed by atoms with Gasteiger partial charge >= 0.3 is 7.12 Å². The van der Waals surface area contributed by atoms with E-state index >= 15 is 0 Å². The summed E-state index contributed by atoms with van der Waals surface area (Å²) >= 11 is 0. The van der Waals surface area contributed by atoms with Crippen molar-refractivity contribution in [3.8, 4) is 0 Å². The molecule has 14 heavy (non-hydrogen) atoms. The summed E-state index contributed by atoms with van der Waals surface area (Å²) in [5, 5.41) is 0. The molecule has 0 radical (unpaired) electrons. The van der Waals surface area contributed by atoms with E-state index in [1.807, 2.05) is 6.82 Å². The molecule has 0 aromatic rings. The van der Waals surface area contributed by atoms with Crippen molar-refractivity contribution in [3.63, 3.8) is 0 Å². The van der Waals surface area contributed by atoms with Crippen LogP contribution in [0, 0.1) is 17.3 Å². The molecule has 2 nitrogen and oxygen atoms in total. The molecule has 3 heteroatoms. The molecule has 1 heterocycles. The molecule has 1 saturated carbocycles. The van der Waals surface area contributed by atoms with Crippen molar-refractivity contribution in [1.29, 1.82) is 0 Å². The second-order valence-electron chi connectivity index (χ2n) is 5.66. The molecule has 0 spiro atoms. The Morgan fingerprint density at radius 2 is 2.14 bits per heavy atom. The monoisotopic (exact) mass is 192 g/mol. The second-order valence-corrected chi connectivity index (χ2v) is 5.66. The molecule has 4 rings (SSSR count).